The van der Waals surface area contributed by atoms with Crippen LogP contribution in [0.1, 0.15) is 0 Å². The molecule has 0 saturated heterocycles. The minimum Gasteiger partial charge on any atom is -0.229 e. The monoisotopic (exact) mass is 189 g/mol. The average molecular weight is 191 g/mol. The van der Waals surface area contributed by atoms with Crippen LogP contribution in [0.2, 0.25) is 0 Å². The van der Waals surface area contributed by atoms with Crippen molar-refractivity contribution in [1.82, 2.24) is 5.32 Å². The summed E-state index contributed by atoms with van der Waals surface area (Å²) in [6.07, 6.45) is 2.81. The molecule has 5 heteroatoms. The van der Waals surface area contributed by atoms with E-state index in [-0.39, 0.29) is 36.0 Å². The van der Waals surface area contributed by atoms with Crippen LogP contribution in [-0.2, 0) is 36.0 Å². The van der Waals surface area contributed by atoms with Gasteiger partial charge in [-0.25, -0.2) is 5.32 Å². The van der Waals surface area contributed by atoms with E-state index in [2.05, 4.69) is 0 Å². The van der Waals surface area contributed by atoms with E-state index in [1.54, 1.807) is 5.32 Å². The van der Waals surface area contributed by atoms with Gasteiger partial charge in [0.1, 0.15) is 0 Å². The van der Waals surface area contributed by atoms with Gasteiger partial charge in [-0.05, 0) is 0 Å². The molecule has 1 N–H and O–H groups in total. The molecule has 0 aliphatic heterocycles. The van der Waals surface area contributed by atoms with Gasteiger partial charge in [0.15, 0.2) is 12.4 Å². The van der Waals surface area contributed by atoms with Gasteiger partial charge in [-0.3, -0.25) is 0 Å². The molecule has 0 aromatic heterocycles. The van der Waals surface area contributed by atoms with Crippen LogP contribution in [0.3, 0.4) is 0 Å². The van der Waals surface area contributed by atoms with E-state index in [0.717, 1.165) is 0 Å². The summed E-state index contributed by atoms with van der Waals surface area (Å²) in [6, 6.07) is 0. The van der Waals surface area contributed by atoms with E-state index in [1.165, 1.54) is 12.4 Å². The van der Waals surface area contributed by atoms with Crippen molar-refractivity contribution in [2.75, 3.05) is 0 Å². The normalized spacial score (nSPS) is 2.57. The van der Waals surface area contributed by atoms with Gasteiger partial charge in [0.25, 0.3) is 0 Å². The van der Waals surface area contributed by atoms with Gasteiger partial charge in [0.2, 0.25) is 0 Å². The van der Waals surface area contributed by atoms with Crippen molar-refractivity contribution in [3.8, 4) is 12.4 Å². The molecule has 0 atom stereocenters. The molecule has 0 amide bonds. The SMILES string of the molecule is N#CNC#N.[Ni].[Zn]. The summed E-state index contributed by atoms with van der Waals surface area (Å²) < 4.78 is 0. The number of nitriles is 2. The van der Waals surface area contributed by atoms with Crippen molar-refractivity contribution in [3.63, 3.8) is 0 Å². The van der Waals surface area contributed by atoms with E-state index in [1.807, 2.05) is 0 Å². The van der Waals surface area contributed by atoms with Gasteiger partial charge in [-0.15, -0.1) is 0 Å². The van der Waals surface area contributed by atoms with Crippen molar-refractivity contribution < 1.29 is 36.0 Å². The second-order valence-corrected chi connectivity index (χ2v) is 0.349. The van der Waals surface area contributed by atoms with E-state index in [9.17, 15) is 0 Å². The first-order valence-electron chi connectivity index (χ1n) is 0.947. The first-order chi connectivity index (χ1) is 2.41. The predicted molar refractivity (Wildman–Crippen MR) is 14.4 cm³/mol. The summed E-state index contributed by atoms with van der Waals surface area (Å²) in [4.78, 5) is 0. The van der Waals surface area contributed by atoms with Gasteiger partial charge >= 0.3 is 0 Å². The Kier molecular flexibility index (Phi) is 38.0. The maximum absolute atomic E-state index is 7.48. The molecule has 0 aromatic rings. The van der Waals surface area contributed by atoms with Gasteiger partial charge in [0.05, 0.1) is 0 Å². The Labute approximate surface area is 64.4 Å². The fraction of sp³-hybridized carbons (Fsp3) is 0. The van der Waals surface area contributed by atoms with Crippen LogP contribution in [0.15, 0.2) is 0 Å². The summed E-state index contributed by atoms with van der Waals surface area (Å²) in [5.41, 5.74) is 0. The summed E-state index contributed by atoms with van der Waals surface area (Å²) in [5.74, 6) is 0. The third kappa shape index (κ3) is 24.9. The first kappa shape index (κ1) is 15.8. The Balaban J connectivity index is -0.0000000800. The maximum Gasteiger partial charge on any atom is 0.190 e. The van der Waals surface area contributed by atoms with Crippen LogP contribution in [0.25, 0.3) is 0 Å². The number of nitrogens with one attached hydrogen (secondary N) is 1. The zero-order valence-electron chi connectivity index (χ0n) is 3.42. The smallest absolute Gasteiger partial charge is 0.190 e. The van der Waals surface area contributed by atoms with E-state index in [0.29, 0.717) is 0 Å². The molecule has 0 saturated carbocycles. The van der Waals surface area contributed by atoms with Crippen LogP contribution >= 0.6 is 0 Å². The Morgan fingerprint density at radius 3 is 1.43 bits per heavy atom. The zero-order chi connectivity index (χ0) is 4.12. The number of rotatable bonds is 0. The number of hydrogen-bond donors (Lipinski definition) is 1. The molecule has 0 aromatic carbocycles. The topological polar surface area (TPSA) is 59.6 Å². The second-order valence-electron chi connectivity index (χ2n) is 0.349. The third-order valence-electron chi connectivity index (χ3n) is 0.112. The van der Waals surface area contributed by atoms with Crippen molar-refractivity contribution >= 4 is 0 Å². The fourth-order valence-electron chi connectivity index (χ4n) is 0.0250. The molecule has 0 spiro atoms. The van der Waals surface area contributed by atoms with Gasteiger partial charge < -0.3 is 0 Å². The summed E-state index contributed by atoms with van der Waals surface area (Å²) in [7, 11) is 0. The van der Waals surface area contributed by atoms with Crippen molar-refractivity contribution in [2.45, 2.75) is 0 Å². The molecular formula is C2HN3NiZn. The molecule has 0 aliphatic carbocycles. The molecule has 0 fully saturated rings. The molecule has 0 unspecified atom stereocenters. The molecule has 0 radical (unpaired) electrons. The molecule has 0 rings (SSSR count). The van der Waals surface area contributed by atoms with E-state index < -0.39 is 0 Å². The molecule has 3 nitrogen and oxygen atoms in total. The Morgan fingerprint density at radius 1 is 1.14 bits per heavy atom. The maximum atomic E-state index is 7.48. The minimum atomic E-state index is 0. The fourth-order valence-corrected chi connectivity index (χ4v) is 0.0250. The molecule has 7 heavy (non-hydrogen) atoms. The number of hydrogen-bond acceptors (Lipinski definition) is 3. The van der Waals surface area contributed by atoms with E-state index in [4.69, 9.17) is 10.5 Å². The third-order valence-corrected chi connectivity index (χ3v) is 0.112. The Hall–Kier alpha value is -0.103. The minimum absolute atomic E-state index is 0. The van der Waals surface area contributed by atoms with Crippen molar-refractivity contribution in [3.05, 3.63) is 0 Å². The zero-order valence-corrected chi connectivity index (χ0v) is 7.37. The average Bonchev–Trinajstić information content (AvgIpc) is 1.41. The van der Waals surface area contributed by atoms with Gasteiger partial charge in [-0.2, -0.15) is 10.5 Å². The molecular weight excluding hydrogens is 190 g/mol. The summed E-state index contributed by atoms with van der Waals surface area (Å²) in [5, 5.41) is 16.7. The Morgan fingerprint density at radius 2 is 1.43 bits per heavy atom. The quantitative estimate of drug-likeness (QED) is 0.320. The predicted octanol–water partition coefficient (Wildman–Crippen LogP) is -0.467. The first-order valence-corrected chi connectivity index (χ1v) is 0.947. The summed E-state index contributed by atoms with van der Waals surface area (Å²) in [6.45, 7) is 0. The molecule has 0 aliphatic rings. The van der Waals surface area contributed by atoms with Crippen LogP contribution in [0.5, 0.6) is 0 Å². The molecule has 0 heterocycles. The van der Waals surface area contributed by atoms with Crippen LogP contribution in [-0.4, -0.2) is 0 Å². The molecule has 0 bridgehead atoms. The van der Waals surface area contributed by atoms with Gasteiger partial charge in [0, 0.05) is 36.0 Å². The standard InChI is InChI=1S/C2HN3.Ni.Zn/c3-1-5-2-4;;/h5H;;. The van der Waals surface area contributed by atoms with Gasteiger partial charge in [-0.1, -0.05) is 0 Å². The largest absolute Gasteiger partial charge is 0.229 e. The van der Waals surface area contributed by atoms with Crippen LogP contribution in [0.4, 0.5) is 0 Å². The van der Waals surface area contributed by atoms with Crippen molar-refractivity contribution in [2.24, 2.45) is 0 Å². The molecule has 36 valence electrons. The summed E-state index contributed by atoms with van der Waals surface area (Å²) >= 11 is 0. The Bertz CT molecular complexity index is 78.1. The second kappa shape index (κ2) is 16.9. The number of nitrogens with zero attached hydrogens (tertiary/aromatic N) is 2. The van der Waals surface area contributed by atoms with Crippen molar-refractivity contribution in [1.29, 1.82) is 10.5 Å². The van der Waals surface area contributed by atoms with E-state index >= 15 is 0 Å². The van der Waals surface area contributed by atoms with Crippen LogP contribution < -0.4 is 5.32 Å². The van der Waals surface area contributed by atoms with Crippen LogP contribution in [0, 0.1) is 22.9 Å².